The first-order valence-corrected chi connectivity index (χ1v) is 9.74. The lowest BCUT2D eigenvalue weighted by atomic mass is 10.0. The number of nitrogens with one attached hydrogen (secondary N) is 1. The van der Waals surface area contributed by atoms with Gasteiger partial charge in [0.15, 0.2) is 0 Å². The van der Waals surface area contributed by atoms with E-state index in [4.69, 9.17) is 4.74 Å². The molecule has 152 valence electrons. The molecule has 2 amide bonds. The smallest absolute Gasteiger partial charge is 0.328 e. The molecule has 0 spiro atoms. The first kappa shape index (κ1) is 20.6. The van der Waals surface area contributed by atoms with E-state index in [1.165, 1.54) is 7.11 Å². The fourth-order valence-corrected chi connectivity index (χ4v) is 3.67. The number of carbonyl (C=O) groups excluding carboxylic acids is 3. The summed E-state index contributed by atoms with van der Waals surface area (Å²) in [4.78, 5) is 40.1. The Hall–Kier alpha value is -3.15. The molecule has 1 heterocycles. The molecule has 0 radical (unpaired) electrons. The van der Waals surface area contributed by atoms with Crippen molar-refractivity contribution < 1.29 is 19.1 Å². The summed E-state index contributed by atoms with van der Waals surface area (Å²) in [5, 5.41) is 2.81. The van der Waals surface area contributed by atoms with Crippen LogP contribution in [-0.2, 0) is 20.9 Å². The highest BCUT2D eigenvalue weighted by molar-refractivity contribution is 6.01. The summed E-state index contributed by atoms with van der Waals surface area (Å²) < 4.78 is 4.86. The van der Waals surface area contributed by atoms with Crippen LogP contribution < -0.4 is 5.32 Å². The first-order valence-electron chi connectivity index (χ1n) is 9.74. The molecule has 0 bridgehead atoms. The SMILES string of the molecule is COC(=O)C(CC(C)C)NC(=O)C(c1ccccc1)N1Cc2ccccc2C1=O. The molecule has 0 aromatic heterocycles. The van der Waals surface area contributed by atoms with E-state index < -0.39 is 24.0 Å². The lowest BCUT2D eigenvalue weighted by Crippen LogP contribution is -2.48. The lowest BCUT2D eigenvalue weighted by Gasteiger charge is -2.29. The minimum Gasteiger partial charge on any atom is -0.467 e. The van der Waals surface area contributed by atoms with Crippen molar-refractivity contribution >= 4 is 17.8 Å². The molecule has 1 N–H and O–H groups in total. The normalized spacial score (nSPS) is 15.0. The molecule has 6 nitrogen and oxygen atoms in total. The minimum absolute atomic E-state index is 0.187. The van der Waals surface area contributed by atoms with Crippen molar-refractivity contribution in [1.82, 2.24) is 10.2 Å². The van der Waals surface area contributed by atoms with Crippen molar-refractivity contribution in [2.45, 2.75) is 38.9 Å². The maximum atomic E-state index is 13.3. The van der Waals surface area contributed by atoms with Gasteiger partial charge >= 0.3 is 5.97 Å². The van der Waals surface area contributed by atoms with Gasteiger partial charge in [0, 0.05) is 12.1 Å². The molecule has 1 aliphatic rings. The molecule has 0 aliphatic carbocycles. The number of amides is 2. The van der Waals surface area contributed by atoms with Crippen LogP contribution in [0.4, 0.5) is 0 Å². The van der Waals surface area contributed by atoms with E-state index in [2.05, 4.69) is 5.32 Å². The first-order chi connectivity index (χ1) is 13.9. The fraction of sp³-hybridized carbons (Fsp3) is 0.348. The number of fused-ring (bicyclic) bond motifs is 1. The standard InChI is InChI=1S/C23H26N2O4/c1-15(2)13-19(23(28)29-3)24-21(26)20(16-9-5-4-6-10-16)25-14-17-11-7-8-12-18(17)22(25)27/h4-12,15,19-20H,13-14H2,1-3H3,(H,24,26). The van der Waals surface area contributed by atoms with Crippen molar-refractivity contribution in [3.05, 3.63) is 71.3 Å². The van der Waals surface area contributed by atoms with Crippen LogP contribution in [0.25, 0.3) is 0 Å². The Morgan fingerprint density at radius 2 is 1.72 bits per heavy atom. The average molecular weight is 394 g/mol. The Morgan fingerprint density at radius 1 is 1.07 bits per heavy atom. The Balaban J connectivity index is 1.92. The molecule has 1 aliphatic heterocycles. The molecular weight excluding hydrogens is 368 g/mol. The van der Waals surface area contributed by atoms with Gasteiger partial charge < -0.3 is 15.0 Å². The molecule has 2 aromatic rings. The van der Waals surface area contributed by atoms with Gasteiger partial charge in [-0.05, 0) is 29.5 Å². The molecule has 2 aromatic carbocycles. The largest absolute Gasteiger partial charge is 0.467 e. The monoisotopic (exact) mass is 394 g/mol. The zero-order valence-electron chi connectivity index (χ0n) is 16.9. The molecule has 2 atom stereocenters. The third kappa shape index (κ3) is 4.47. The predicted octanol–water partition coefficient (Wildman–Crippen LogP) is 3.09. The molecule has 0 saturated heterocycles. The molecule has 0 fully saturated rings. The van der Waals surface area contributed by atoms with Crippen LogP contribution in [0.5, 0.6) is 0 Å². The van der Waals surface area contributed by atoms with Crippen LogP contribution >= 0.6 is 0 Å². The highest BCUT2D eigenvalue weighted by Crippen LogP contribution is 2.31. The maximum absolute atomic E-state index is 13.3. The van der Waals surface area contributed by atoms with Gasteiger partial charge in [-0.1, -0.05) is 62.4 Å². The van der Waals surface area contributed by atoms with Crippen LogP contribution in [-0.4, -0.2) is 35.8 Å². The van der Waals surface area contributed by atoms with Gasteiger partial charge in [0.05, 0.1) is 7.11 Å². The van der Waals surface area contributed by atoms with Crippen molar-refractivity contribution in [2.24, 2.45) is 5.92 Å². The zero-order valence-corrected chi connectivity index (χ0v) is 16.9. The number of hydrogen-bond donors (Lipinski definition) is 1. The number of carbonyl (C=O) groups is 3. The van der Waals surface area contributed by atoms with Crippen LogP contribution in [0.2, 0.25) is 0 Å². The van der Waals surface area contributed by atoms with Crippen LogP contribution in [0.3, 0.4) is 0 Å². The molecule has 6 heteroatoms. The number of ether oxygens (including phenoxy) is 1. The number of hydrogen-bond acceptors (Lipinski definition) is 4. The molecule has 3 rings (SSSR count). The second-order valence-electron chi connectivity index (χ2n) is 7.62. The van der Waals surface area contributed by atoms with Gasteiger partial charge in [-0.25, -0.2) is 4.79 Å². The van der Waals surface area contributed by atoms with Crippen molar-refractivity contribution in [2.75, 3.05) is 7.11 Å². The lowest BCUT2D eigenvalue weighted by molar-refractivity contribution is -0.146. The highest BCUT2D eigenvalue weighted by atomic mass is 16.5. The summed E-state index contributed by atoms with van der Waals surface area (Å²) in [5.74, 6) is -0.890. The summed E-state index contributed by atoms with van der Waals surface area (Å²) in [6.07, 6.45) is 0.452. The van der Waals surface area contributed by atoms with Crippen molar-refractivity contribution in [1.29, 1.82) is 0 Å². The van der Waals surface area contributed by atoms with Gasteiger partial charge in [0.25, 0.3) is 5.91 Å². The number of benzene rings is 2. The zero-order chi connectivity index (χ0) is 21.0. The Kier molecular flexibility index (Phi) is 6.32. The molecule has 29 heavy (non-hydrogen) atoms. The van der Waals surface area contributed by atoms with Gasteiger partial charge in [0.1, 0.15) is 12.1 Å². The molecule has 0 saturated carbocycles. The highest BCUT2D eigenvalue weighted by Gasteiger charge is 2.38. The fourth-order valence-electron chi connectivity index (χ4n) is 3.67. The quantitative estimate of drug-likeness (QED) is 0.733. The van der Waals surface area contributed by atoms with Gasteiger partial charge in [-0.15, -0.1) is 0 Å². The number of nitrogens with zero attached hydrogens (tertiary/aromatic N) is 1. The molecular formula is C23H26N2O4. The van der Waals surface area contributed by atoms with Gasteiger partial charge in [-0.2, -0.15) is 0 Å². The van der Waals surface area contributed by atoms with Crippen LogP contribution in [0.15, 0.2) is 54.6 Å². The van der Waals surface area contributed by atoms with Crippen LogP contribution in [0.1, 0.15) is 47.8 Å². The van der Waals surface area contributed by atoms with Crippen molar-refractivity contribution in [3.63, 3.8) is 0 Å². The third-order valence-electron chi connectivity index (χ3n) is 5.03. The summed E-state index contributed by atoms with van der Waals surface area (Å²) in [6, 6.07) is 14.9. The molecule has 2 unspecified atom stereocenters. The number of esters is 1. The van der Waals surface area contributed by atoms with E-state index >= 15 is 0 Å². The van der Waals surface area contributed by atoms with E-state index in [0.29, 0.717) is 24.1 Å². The Morgan fingerprint density at radius 3 is 2.34 bits per heavy atom. The number of methoxy groups -OCH3 is 1. The Labute approximate surface area is 170 Å². The summed E-state index contributed by atoms with van der Waals surface area (Å²) >= 11 is 0. The van der Waals surface area contributed by atoms with Crippen LogP contribution in [0, 0.1) is 5.92 Å². The van der Waals surface area contributed by atoms with Crippen molar-refractivity contribution in [3.8, 4) is 0 Å². The van der Waals surface area contributed by atoms with E-state index in [1.54, 1.807) is 11.0 Å². The van der Waals surface area contributed by atoms with E-state index in [-0.39, 0.29) is 11.8 Å². The summed E-state index contributed by atoms with van der Waals surface area (Å²) in [6.45, 7) is 4.28. The minimum atomic E-state index is -0.838. The van der Waals surface area contributed by atoms with E-state index in [9.17, 15) is 14.4 Å². The summed E-state index contributed by atoms with van der Waals surface area (Å²) in [5.41, 5.74) is 2.19. The van der Waals surface area contributed by atoms with Gasteiger partial charge in [0.2, 0.25) is 5.91 Å². The van der Waals surface area contributed by atoms with Gasteiger partial charge in [-0.3, -0.25) is 9.59 Å². The Bertz CT molecular complexity index is 895. The van der Waals surface area contributed by atoms with E-state index in [1.807, 2.05) is 62.4 Å². The predicted molar refractivity (Wildman–Crippen MR) is 109 cm³/mol. The van der Waals surface area contributed by atoms with E-state index in [0.717, 1.165) is 5.56 Å². The number of rotatable bonds is 7. The second kappa shape index (κ2) is 8.90. The maximum Gasteiger partial charge on any atom is 0.328 e. The summed E-state index contributed by atoms with van der Waals surface area (Å²) in [7, 11) is 1.30. The topological polar surface area (TPSA) is 75.7 Å². The second-order valence-corrected chi connectivity index (χ2v) is 7.62. The average Bonchev–Trinajstić information content (AvgIpc) is 3.04. The third-order valence-corrected chi connectivity index (χ3v) is 5.03.